The smallest absolute Gasteiger partial charge is 0.253 e. The molecule has 1 aromatic carbocycles. The number of benzene rings is 1. The monoisotopic (exact) mass is 344 g/mol. The Morgan fingerprint density at radius 3 is 2.73 bits per heavy atom. The first kappa shape index (κ1) is 17.5. The van der Waals surface area contributed by atoms with Crippen molar-refractivity contribution < 1.29 is 9.53 Å². The molecule has 122 valence electrons. The highest BCUT2D eigenvalue weighted by Crippen LogP contribution is 2.37. The fraction of sp³-hybridized carbons (Fsp3) is 0.562. The van der Waals surface area contributed by atoms with Crippen LogP contribution in [0.2, 0.25) is 5.02 Å². The molecule has 0 spiro atoms. The van der Waals surface area contributed by atoms with Crippen LogP contribution in [0.15, 0.2) is 24.3 Å². The van der Waals surface area contributed by atoms with Crippen LogP contribution in [0.25, 0.3) is 0 Å². The normalized spacial score (nSPS) is 22.5. The molecule has 1 saturated heterocycles. The van der Waals surface area contributed by atoms with Gasteiger partial charge in [-0.1, -0.05) is 29.8 Å². The molecule has 1 saturated carbocycles. The third kappa shape index (κ3) is 3.74. The van der Waals surface area contributed by atoms with E-state index in [9.17, 15) is 4.79 Å². The Kier molecular flexibility index (Phi) is 6.09. The molecule has 3 rings (SSSR count). The van der Waals surface area contributed by atoms with Crippen LogP contribution in [0.3, 0.4) is 0 Å². The van der Waals surface area contributed by atoms with Gasteiger partial charge in [-0.25, -0.2) is 0 Å². The Labute approximate surface area is 142 Å². The van der Waals surface area contributed by atoms with Crippen molar-refractivity contribution >= 4 is 29.9 Å². The van der Waals surface area contributed by atoms with Gasteiger partial charge in [0, 0.05) is 24.2 Å². The van der Waals surface area contributed by atoms with E-state index in [1.54, 1.807) is 0 Å². The van der Waals surface area contributed by atoms with Crippen LogP contribution >= 0.6 is 24.0 Å². The summed E-state index contributed by atoms with van der Waals surface area (Å²) in [7, 11) is 0. The third-order valence-electron chi connectivity index (χ3n) is 4.17. The summed E-state index contributed by atoms with van der Waals surface area (Å²) in [6.45, 7) is 4.05. The Bertz CT molecular complexity index is 517. The van der Waals surface area contributed by atoms with Crippen LogP contribution in [0.5, 0.6) is 0 Å². The van der Waals surface area contributed by atoms with Crippen molar-refractivity contribution in [3.8, 4) is 0 Å². The number of hydrogen-bond acceptors (Lipinski definition) is 3. The van der Waals surface area contributed by atoms with E-state index in [0.29, 0.717) is 24.2 Å². The van der Waals surface area contributed by atoms with E-state index in [1.165, 1.54) is 0 Å². The quantitative estimate of drug-likeness (QED) is 0.912. The van der Waals surface area contributed by atoms with Gasteiger partial charge in [-0.2, -0.15) is 0 Å². The van der Waals surface area contributed by atoms with Crippen LogP contribution in [0.1, 0.15) is 31.4 Å². The van der Waals surface area contributed by atoms with E-state index in [2.05, 4.69) is 5.32 Å². The molecule has 0 bridgehead atoms. The van der Waals surface area contributed by atoms with Crippen molar-refractivity contribution in [2.45, 2.75) is 38.0 Å². The van der Waals surface area contributed by atoms with Gasteiger partial charge in [-0.05, 0) is 31.4 Å². The van der Waals surface area contributed by atoms with Crippen LogP contribution < -0.4 is 5.32 Å². The first-order chi connectivity index (χ1) is 10.2. The van der Waals surface area contributed by atoms with Crippen LogP contribution in [-0.4, -0.2) is 42.6 Å². The first-order valence-corrected chi connectivity index (χ1v) is 7.95. The number of nitrogens with one attached hydrogen (secondary N) is 1. The molecule has 1 unspecified atom stereocenters. The fourth-order valence-corrected chi connectivity index (χ4v) is 3.19. The second-order valence-corrected chi connectivity index (χ2v) is 6.14. The van der Waals surface area contributed by atoms with E-state index < -0.39 is 0 Å². The summed E-state index contributed by atoms with van der Waals surface area (Å²) in [5, 5.41) is 3.94. The van der Waals surface area contributed by atoms with Crippen molar-refractivity contribution in [2.24, 2.45) is 0 Å². The molecule has 1 amide bonds. The number of carbonyl (C=O) groups is 1. The predicted octanol–water partition coefficient (Wildman–Crippen LogP) is 2.80. The minimum absolute atomic E-state index is 0. The van der Waals surface area contributed by atoms with Gasteiger partial charge in [0.25, 0.3) is 5.91 Å². The van der Waals surface area contributed by atoms with E-state index in [4.69, 9.17) is 16.3 Å². The molecular formula is C16H22Cl2N2O2. The number of morpholine rings is 1. The number of nitrogens with zero attached hydrogens (tertiary/aromatic N) is 1. The van der Waals surface area contributed by atoms with Gasteiger partial charge in [0.2, 0.25) is 0 Å². The predicted molar refractivity (Wildman–Crippen MR) is 89.6 cm³/mol. The van der Waals surface area contributed by atoms with Gasteiger partial charge >= 0.3 is 0 Å². The third-order valence-corrected chi connectivity index (χ3v) is 4.51. The van der Waals surface area contributed by atoms with Crippen molar-refractivity contribution in [2.75, 3.05) is 19.7 Å². The number of halogens is 2. The minimum Gasteiger partial charge on any atom is -0.366 e. The summed E-state index contributed by atoms with van der Waals surface area (Å²) in [4.78, 5) is 14.8. The van der Waals surface area contributed by atoms with Gasteiger partial charge in [0.05, 0.1) is 12.6 Å². The lowest BCUT2D eigenvalue weighted by Crippen LogP contribution is -2.50. The summed E-state index contributed by atoms with van der Waals surface area (Å²) >= 11 is 6.30. The average molecular weight is 345 g/mol. The molecule has 0 radical (unpaired) electrons. The molecule has 4 nitrogen and oxygen atoms in total. The lowest BCUT2D eigenvalue weighted by Gasteiger charge is -2.34. The number of carbonyl (C=O) groups excluding carboxylic acids is 1. The zero-order valence-corrected chi connectivity index (χ0v) is 14.2. The van der Waals surface area contributed by atoms with E-state index in [1.807, 2.05) is 36.1 Å². The molecule has 2 atom stereocenters. The van der Waals surface area contributed by atoms with E-state index in [0.717, 1.165) is 24.9 Å². The molecule has 1 aliphatic carbocycles. The van der Waals surface area contributed by atoms with Gasteiger partial charge in [0.1, 0.15) is 6.10 Å². The van der Waals surface area contributed by atoms with Crippen molar-refractivity contribution in [3.05, 3.63) is 34.9 Å². The lowest BCUT2D eigenvalue weighted by molar-refractivity contribution is -0.148. The lowest BCUT2D eigenvalue weighted by atomic mass is 10.1. The molecule has 2 aliphatic rings. The maximum atomic E-state index is 12.8. The topological polar surface area (TPSA) is 41.6 Å². The molecule has 22 heavy (non-hydrogen) atoms. The van der Waals surface area contributed by atoms with E-state index in [-0.39, 0.29) is 30.5 Å². The fourth-order valence-electron chi connectivity index (χ4n) is 2.89. The summed E-state index contributed by atoms with van der Waals surface area (Å²) < 4.78 is 5.63. The maximum absolute atomic E-state index is 12.8. The second kappa shape index (κ2) is 7.64. The standard InChI is InChI=1S/C16H21ClN2O2.ClH/c1-11(13-4-2-3-5-14(13)17)19(12-6-7-12)16(20)15-10-18-8-9-21-15;/h2-5,11-12,15,18H,6-10H2,1H3;1H/t11?,15-;/m1./s1. The van der Waals surface area contributed by atoms with E-state index >= 15 is 0 Å². The zero-order valence-electron chi connectivity index (χ0n) is 12.6. The minimum atomic E-state index is -0.371. The van der Waals surface area contributed by atoms with Crippen LogP contribution in [0.4, 0.5) is 0 Å². The summed E-state index contributed by atoms with van der Waals surface area (Å²) in [5.41, 5.74) is 1.00. The van der Waals surface area contributed by atoms with Crippen molar-refractivity contribution in [1.82, 2.24) is 10.2 Å². The summed E-state index contributed by atoms with van der Waals surface area (Å²) in [5.74, 6) is 0.0807. The Morgan fingerprint density at radius 1 is 1.41 bits per heavy atom. The number of amides is 1. The Balaban J connectivity index is 0.00000176. The number of rotatable bonds is 4. The molecule has 2 fully saturated rings. The van der Waals surface area contributed by atoms with Crippen molar-refractivity contribution in [1.29, 1.82) is 0 Å². The Hall–Kier alpha value is -0.810. The second-order valence-electron chi connectivity index (χ2n) is 5.74. The molecule has 0 aromatic heterocycles. The largest absolute Gasteiger partial charge is 0.366 e. The number of ether oxygens (including phenoxy) is 1. The number of hydrogen-bond donors (Lipinski definition) is 1. The molecule has 1 aliphatic heterocycles. The van der Waals surface area contributed by atoms with Gasteiger partial charge < -0.3 is 15.0 Å². The summed E-state index contributed by atoms with van der Waals surface area (Å²) in [6.07, 6.45) is 1.77. The first-order valence-electron chi connectivity index (χ1n) is 7.57. The highest BCUT2D eigenvalue weighted by atomic mass is 35.5. The zero-order chi connectivity index (χ0) is 14.8. The molecular weight excluding hydrogens is 323 g/mol. The molecule has 1 N–H and O–H groups in total. The maximum Gasteiger partial charge on any atom is 0.253 e. The molecule has 6 heteroatoms. The molecule has 1 aromatic rings. The van der Waals surface area contributed by atoms with Gasteiger partial charge in [0.15, 0.2) is 0 Å². The van der Waals surface area contributed by atoms with Crippen molar-refractivity contribution in [3.63, 3.8) is 0 Å². The van der Waals surface area contributed by atoms with Crippen LogP contribution in [0, 0.1) is 0 Å². The SMILES string of the molecule is CC(c1ccccc1Cl)N(C(=O)[C@H]1CNCCO1)C1CC1.Cl. The summed E-state index contributed by atoms with van der Waals surface area (Å²) in [6, 6.07) is 8.05. The van der Waals surface area contributed by atoms with Gasteiger partial charge in [-0.3, -0.25) is 4.79 Å². The average Bonchev–Trinajstić information content (AvgIpc) is 3.33. The van der Waals surface area contributed by atoms with Crippen LogP contribution in [-0.2, 0) is 9.53 Å². The highest BCUT2D eigenvalue weighted by molar-refractivity contribution is 6.31. The van der Waals surface area contributed by atoms with Gasteiger partial charge in [-0.15, -0.1) is 12.4 Å². The Morgan fingerprint density at radius 2 is 2.14 bits per heavy atom. The highest BCUT2D eigenvalue weighted by Gasteiger charge is 2.40. The molecule has 1 heterocycles.